The molecule has 0 saturated heterocycles. The SMILES string of the molecule is O=C1CCCC1c1cc(F)cc(F)c1F. The first kappa shape index (κ1) is 10.2. The van der Waals surface area contributed by atoms with E-state index >= 15 is 0 Å². The third kappa shape index (κ3) is 1.76. The maximum atomic E-state index is 13.3. The molecule has 1 aromatic rings. The van der Waals surface area contributed by atoms with Crippen LogP contribution in [0.25, 0.3) is 0 Å². The fourth-order valence-corrected chi connectivity index (χ4v) is 1.97. The molecule has 0 heterocycles. The molecule has 1 saturated carbocycles. The zero-order valence-corrected chi connectivity index (χ0v) is 7.90. The lowest BCUT2D eigenvalue weighted by molar-refractivity contribution is -0.118. The van der Waals surface area contributed by atoms with Crippen LogP contribution in [0.1, 0.15) is 30.7 Å². The van der Waals surface area contributed by atoms with Gasteiger partial charge in [0.2, 0.25) is 0 Å². The fourth-order valence-electron chi connectivity index (χ4n) is 1.97. The van der Waals surface area contributed by atoms with Gasteiger partial charge in [0.05, 0.1) is 0 Å². The quantitative estimate of drug-likeness (QED) is 0.657. The van der Waals surface area contributed by atoms with Gasteiger partial charge in [0.25, 0.3) is 0 Å². The minimum Gasteiger partial charge on any atom is -0.299 e. The molecule has 15 heavy (non-hydrogen) atoms. The standard InChI is InChI=1S/C11H9F3O/c12-6-4-8(11(14)9(13)5-6)7-2-1-3-10(7)15/h4-5,7H,1-3H2. The summed E-state index contributed by atoms with van der Waals surface area (Å²) >= 11 is 0. The maximum absolute atomic E-state index is 13.3. The molecule has 0 N–H and O–H groups in total. The summed E-state index contributed by atoms with van der Waals surface area (Å²) in [4.78, 5) is 11.3. The van der Waals surface area contributed by atoms with Crippen LogP contribution < -0.4 is 0 Å². The fraction of sp³-hybridized carbons (Fsp3) is 0.364. The topological polar surface area (TPSA) is 17.1 Å². The van der Waals surface area contributed by atoms with Gasteiger partial charge in [-0.1, -0.05) is 0 Å². The van der Waals surface area contributed by atoms with Gasteiger partial charge in [-0.2, -0.15) is 0 Å². The van der Waals surface area contributed by atoms with E-state index in [0.717, 1.165) is 6.07 Å². The van der Waals surface area contributed by atoms with Crippen molar-refractivity contribution in [1.82, 2.24) is 0 Å². The number of hydrogen-bond acceptors (Lipinski definition) is 1. The molecule has 0 aromatic heterocycles. The third-order valence-corrected chi connectivity index (χ3v) is 2.70. The van der Waals surface area contributed by atoms with Crippen LogP contribution in [0.3, 0.4) is 0 Å². The number of ketones is 1. The minimum atomic E-state index is -1.23. The number of carbonyl (C=O) groups excluding carboxylic acids is 1. The average Bonchev–Trinajstić information content (AvgIpc) is 2.58. The van der Waals surface area contributed by atoms with E-state index in [1.807, 2.05) is 0 Å². The van der Waals surface area contributed by atoms with Crippen molar-refractivity contribution in [1.29, 1.82) is 0 Å². The molecule has 1 aromatic carbocycles. The van der Waals surface area contributed by atoms with E-state index in [1.165, 1.54) is 0 Å². The van der Waals surface area contributed by atoms with Crippen LogP contribution >= 0.6 is 0 Å². The molecule has 1 aliphatic rings. The molecule has 0 aliphatic heterocycles. The lowest BCUT2D eigenvalue weighted by Gasteiger charge is -2.10. The molecule has 0 radical (unpaired) electrons. The molecule has 0 amide bonds. The van der Waals surface area contributed by atoms with Gasteiger partial charge in [-0.15, -0.1) is 0 Å². The molecule has 0 spiro atoms. The van der Waals surface area contributed by atoms with E-state index in [-0.39, 0.29) is 11.3 Å². The second-order valence-corrected chi connectivity index (χ2v) is 3.70. The van der Waals surface area contributed by atoms with Crippen molar-refractivity contribution in [2.24, 2.45) is 0 Å². The Morgan fingerprint density at radius 1 is 1.20 bits per heavy atom. The predicted molar refractivity (Wildman–Crippen MR) is 47.9 cm³/mol. The van der Waals surface area contributed by atoms with Gasteiger partial charge in [0, 0.05) is 24.0 Å². The van der Waals surface area contributed by atoms with Crippen molar-refractivity contribution in [2.75, 3.05) is 0 Å². The summed E-state index contributed by atoms with van der Waals surface area (Å²) in [5.74, 6) is -3.99. The second kappa shape index (κ2) is 3.68. The van der Waals surface area contributed by atoms with Crippen molar-refractivity contribution in [3.63, 3.8) is 0 Å². The molecule has 1 unspecified atom stereocenters. The summed E-state index contributed by atoms with van der Waals surface area (Å²) in [7, 11) is 0. The monoisotopic (exact) mass is 214 g/mol. The summed E-state index contributed by atoms with van der Waals surface area (Å²) in [5.41, 5.74) is -0.144. The van der Waals surface area contributed by atoms with E-state index in [0.29, 0.717) is 25.3 Å². The molecule has 1 aliphatic carbocycles. The van der Waals surface area contributed by atoms with Crippen LogP contribution in [-0.4, -0.2) is 5.78 Å². The van der Waals surface area contributed by atoms with Crippen molar-refractivity contribution < 1.29 is 18.0 Å². The Labute approximate surface area is 84.9 Å². The van der Waals surface area contributed by atoms with Crippen molar-refractivity contribution in [3.8, 4) is 0 Å². The normalized spacial score (nSPS) is 21.0. The van der Waals surface area contributed by atoms with Crippen LogP contribution in [-0.2, 0) is 4.79 Å². The Bertz CT molecular complexity index is 415. The summed E-state index contributed by atoms with van der Waals surface area (Å²) in [6, 6.07) is 1.39. The predicted octanol–water partition coefficient (Wildman–Crippen LogP) is 2.94. The van der Waals surface area contributed by atoms with Crippen LogP contribution in [0.4, 0.5) is 13.2 Å². The largest absolute Gasteiger partial charge is 0.299 e. The number of carbonyl (C=O) groups is 1. The average molecular weight is 214 g/mol. The van der Waals surface area contributed by atoms with E-state index in [4.69, 9.17) is 0 Å². The Balaban J connectivity index is 2.47. The summed E-state index contributed by atoms with van der Waals surface area (Å²) in [6.07, 6.45) is 1.49. The van der Waals surface area contributed by atoms with Gasteiger partial charge in [-0.3, -0.25) is 4.79 Å². The molecule has 0 bridgehead atoms. The Hall–Kier alpha value is -1.32. The lowest BCUT2D eigenvalue weighted by atomic mass is 9.96. The van der Waals surface area contributed by atoms with Crippen molar-refractivity contribution in [2.45, 2.75) is 25.2 Å². The van der Waals surface area contributed by atoms with Gasteiger partial charge >= 0.3 is 0 Å². The minimum absolute atomic E-state index is 0.140. The highest BCUT2D eigenvalue weighted by atomic mass is 19.2. The number of benzene rings is 1. The van der Waals surface area contributed by atoms with Crippen molar-refractivity contribution in [3.05, 3.63) is 35.1 Å². The van der Waals surface area contributed by atoms with E-state index < -0.39 is 23.4 Å². The third-order valence-electron chi connectivity index (χ3n) is 2.70. The highest BCUT2D eigenvalue weighted by Gasteiger charge is 2.29. The van der Waals surface area contributed by atoms with E-state index in [9.17, 15) is 18.0 Å². The first-order chi connectivity index (χ1) is 7.09. The zero-order valence-electron chi connectivity index (χ0n) is 7.90. The van der Waals surface area contributed by atoms with Crippen molar-refractivity contribution >= 4 is 5.78 Å². The van der Waals surface area contributed by atoms with Crippen LogP contribution in [0.2, 0.25) is 0 Å². The second-order valence-electron chi connectivity index (χ2n) is 3.70. The molecule has 2 rings (SSSR count). The summed E-state index contributed by atoms with van der Waals surface area (Å²) in [5, 5.41) is 0. The molecule has 80 valence electrons. The number of halogens is 3. The molecule has 1 fully saturated rings. The summed E-state index contributed by atoms with van der Waals surface area (Å²) < 4.78 is 39.1. The number of Topliss-reactive ketones (excluding diaryl/α,β-unsaturated/α-hetero) is 1. The maximum Gasteiger partial charge on any atom is 0.162 e. The Morgan fingerprint density at radius 2 is 1.93 bits per heavy atom. The number of hydrogen-bond donors (Lipinski definition) is 0. The number of rotatable bonds is 1. The van der Waals surface area contributed by atoms with Gasteiger partial charge < -0.3 is 0 Å². The molecular weight excluding hydrogens is 205 g/mol. The first-order valence-electron chi connectivity index (χ1n) is 4.76. The zero-order chi connectivity index (χ0) is 11.0. The Kier molecular flexibility index (Phi) is 2.50. The highest BCUT2D eigenvalue weighted by molar-refractivity contribution is 5.87. The van der Waals surface area contributed by atoms with Crippen LogP contribution in [0, 0.1) is 17.5 Å². The molecule has 1 nitrogen and oxygen atoms in total. The van der Waals surface area contributed by atoms with Gasteiger partial charge in [-0.25, -0.2) is 13.2 Å². The van der Waals surface area contributed by atoms with Gasteiger partial charge in [0.1, 0.15) is 11.6 Å². The highest BCUT2D eigenvalue weighted by Crippen LogP contribution is 2.33. The summed E-state index contributed by atoms with van der Waals surface area (Å²) in [6.45, 7) is 0. The Morgan fingerprint density at radius 3 is 2.53 bits per heavy atom. The molecule has 4 heteroatoms. The first-order valence-corrected chi connectivity index (χ1v) is 4.76. The molecule has 1 atom stereocenters. The van der Waals surface area contributed by atoms with Crippen LogP contribution in [0.15, 0.2) is 12.1 Å². The van der Waals surface area contributed by atoms with Crippen LogP contribution in [0.5, 0.6) is 0 Å². The van der Waals surface area contributed by atoms with E-state index in [2.05, 4.69) is 0 Å². The smallest absolute Gasteiger partial charge is 0.162 e. The van der Waals surface area contributed by atoms with Gasteiger partial charge in [0.15, 0.2) is 11.6 Å². The van der Waals surface area contributed by atoms with Gasteiger partial charge in [-0.05, 0) is 18.9 Å². The lowest BCUT2D eigenvalue weighted by Crippen LogP contribution is -2.08. The van der Waals surface area contributed by atoms with E-state index in [1.54, 1.807) is 0 Å². The molecular formula is C11H9F3O.